The van der Waals surface area contributed by atoms with E-state index in [9.17, 15) is 0 Å². The second-order valence-electron chi connectivity index (χ2n) is 13.4. The van der Waals surface area contributed by atoms with Gasteiger partial charge < -0.3 is 0 Å². The van der Waals surface area contributed by atoms with E-state index in [1.807, 2.05) is 0 Å². The summed E-state index contributed by atoms with van der Waals surface area (Å²) in [5.74, 6) is 0.716. The molecule has 0 unspecified atom stereocenters. The first kappa shape index (κ1) is 31.1. The minimum absolute atomic E-state index is 0.716. The first-order valence-electron chi connectivity index (χ1n) is 17.9. The van der Waals surface area contributed by atoms with Crippen molar-refractivity contribution in [3.05, 3.63) is 194 Å². The zero-order valence-corrected chi connectivity index (χ0v) is 29.6. The second-order valence-corrected chi connectivity index (χ2v) is 14.5. The lowest BCUT2D eigenvalue weighted by Gasteiger charge is -2.12. The highest BCUT2D eigenvalue weighted by atomic mass is 32.1. The standard InChI is InChI=1S/C50H32N2S/c1-4-12-33(13-5-1)41-26-27-45-46(32-41)53-49-47(38-23-20-37(21-24-38)40-25-22-36-18-10-11-19-39(36)28-40)51-50(52-48(45)49)44-30-42(34-14-6-2-7-15-34)29-43(31-44)35-16-8-3-9-17-35/h1-32H. The molecule has 248 valence electrons. The van der Waals surface area contributed by atoms with Crippen LogP contribution < -0.4 is 0 Å². The predicted octanol–water partition coefficient (Wildman–Crippen LogP) is 14.0. The van der Waals surface area contributed by atoms with Gasteiger partial charge in [0.1, 0.15) is 0 Å². The molecule has 0 bridgehead atoms. The third-order valence-electron chi connectivity index (χ3n) is 10.1. The minimum Gasteiger partial charge on any atom is -0.226 e. The Hall–Kier alpha value is -6.68. The van der Waals surface area contributed by atoms with Crippen molar-refractivity contribution < 1.29 is 0 Å². The molecular formula is C50H32N2S. The Bertz CT molecular complexity index is 2860. The average molecular weight is 693 g/mol. The van der Waals surface area contributed by atoms with Crippen molar-refractivity contribution >= 4 is 42.4 Å². The normalized spacial score (nSPS) is 11.4. The highest BCUT2D eigenvalue weighted by Crippen LogP contribution is 2.42. The molecule has 0 saturated heterocycles. The van der Waals surface area contributed by atoms with E-state index in [2.05, 4.69) is 194 Å². The molecule has 0 spiro atoms. The Morgan fingerprint density at radius 1 is 0.321 bits per heavy atom. The summed E-state index contributed by atoms with van der Waals surface area (Å²) >= 11 is 1.77. The average Bonchev–Trinajstić information content (AvgIpc) is 3.62. The first-order chi connectivity index (χ1) is 26.2. The molecule has 3 heteroatoms. The summed E-state index contributed by atoms with van der Waals surface area (Å²) in [6, 6.07) is 69.3. The highest BCUT2D eigenvalue weighted by molar-refractivity contribution is 7.26. The molecule has 8 aromatic carbocycles. The molecule has 2 nitrogen and oxygen atoms in total. The Morgan fingerprint density at radius 2 is 0.811 bits per heavy atom. The van der Waals surface area contributed by atoms with E-state index in [1.54, 1.807) is 11.3 Å². The summed E-state index contributed by atoms with van der Waals surface area (Å²) in [5.41, 5.74) is 13.3. The van der Waals surface area contributed by atoms with Gasteiger partial charge in [0.05, 0.1) is 15.9 Å². The van der Waals surface area contributed by atoms with Crippen molar-refractivity contribution in [1.29, 1.82) is 0 Å². The molecule has 2 heterocycles. The van der Waals surface area contributed by atoms with Gasteiger partial charge in [-0.05, 0) is 85.6 Å². The molecule has 2 aromatic heterocycles. The summed E-state index contributed by atoms with van der Waals surface area (Å²) < 4.78 is 2.29. The van der Waals surface area contributed by atoms with Gasteiger partial charge in [0, 0.05) is 21.2 Å². The Kier molecular flexibility index (Phi) is 7.71. The number of aromatic nitrogens is 2. The van der Waals surface area contributed by atoms with Gasteiger partial charge in [0.15, 0.2) is 5.82 Å². The van der Waals surface area contributed by atoms with Crippen molar-refractivity contribution in [2.75, 3.05) is 0 Å². The van der Waals surface area contributed by atoms with Gasteiger partial charge in [-0.25, -0.2) is 9.97 Å². The Balaban J connectivity index is 1.17. The van der Waals surface area contributed by atoms with Gasteiger partial charge in [-0.15, -0.1) is 11.3 Å². The number of fused-ring (bicyclic) bond motifs is 4. The molecule has 0 aliphatic rings. The van der Waals surface area contributed by atoms with Crippen LogP contribution in [-0.4, -0.2) is 9.97 Å². The molecule has 0 atom stereocenters. The molecule has 0 radical (unpaired) electrons. The Labute approximate surface area is 312 Å². The summed E-state index contributed by atoms with van der Waals surface area (Å²) in [7, 11) is 0. The predicted molar refractivity (Wildman–Crippen MR) is 225 cm³/mol. The van der Waals surface area contributed by atoms with E-state index in [4.69, 9.17) is 9.97 Å². The van der Waals surface area contributed by atoms with Gasteiger partial charge in [0.2, 0.25) is 0 Å². The molecule has 0 aliphatic heterocycles. The van der Waals surface area contributed by atoms with Crippen molar-refractivity contribution in [3.8, 4) is 67.2 Å². The van der Waals surface area contributed by atoms with E-state index in [-0.39, 0.29) is 0 Å². The van der Waals surface area contributed by atoms with Gasteiger partial charge in [-0.2, -0.15) is 0 Å². The van der Waals surface area contributed by atoms with Gasteiger partial charge >= 0.3 is 0 Å². The van der Waals surface area contributed by atoms with Crippen LogP contribution in [0.5, 0.6) is 0 Å². The fourth-order valence-corrected chi connectivity index (χ4v) is 8.51. The largest absolute Gasteiger partial charge is 0.226 e. The topological polar surface area (TPSA) is 25.8 Å². The van der Waals surface area contributed by atoms with Crippen LogP contribution in [0.15, 0.2) is 194 Å². The van der Waals surface area contributed by atoms with Gasteiger partial charge in [-0.3, -0.25) is 0 Å². The van der Waals surface area contributed by atoms with Crippen LogP contribution in [0.2, 0.25) is 0 Å². The van der Waals surface area contributed by atoms with E-state index < -0.39 is 0 Å². The molecule has 0 fully saturated rings. The number of thiophene rings is 1. The molecule has 0 N–H and O–H groups in total. The summed E-state index contributed by atoms with van der Waals surface area (Å²) in [4.78, 5) is 10.8. The quantitative estimate of drug-likeness (QED) is 0.173. The molecule has 0 amide bonds. The summed E-state index contributed by atoms with van der Waals surface area (Å²) in [6.07, 6.45) is 0. The molecular weight excluding hydrogens is 661 g/mol. The van der Waals surface area contributed by atoms with E-state index >= 15 is 0 Å². The maximum Gasteiger partial charge on any atom is 0.160 e. The lowest BCUT2D eigenvalue weighted by molar-refractivity contribution is 1.24. The smallest absolute Gasteiger partial charge is 0.160 e. The Morgan fingerprint density at radius 3 is 1.47 bits per heavy atom. The monoisotopic (exact) mass is 692 g/mol. The minimum atomic E-state index is 0.716. The van der Waals surface area contributed by atoms with Crippen LogP contribution in [0.1, 0.15) is 0 Å². The number of hydrogen-bond donors (Lipinski definition) is 0. The lowest BCUT2D eigenvalue weighted by atomic mass is 9.95. The van der Waals surface area contributed by atoms with Crippen molar-refractivity contribution in [2.24, 2.45) is 0 Å². The number of hydrogen-bond acceptors (Lipinski definition) is 3. The van der Waals surface area contributed by atoms with Crippen LogP contribution in [0, 0.1) is 0 Å². The third-order valence-corrected chi connectivity index (χ3v) is 11.2. The third kappa shape index (κ3) is 5.87. The zero-order valence-electron chi connectivity index (χ0n) is 28.8. The molecule has 0 aliphatic carbocycles. The maximum atomic E-state index is 5.43. The van der Waals surface area contributed by atoms with Crippen LogP contribution in [0.25, 0.3) is 98.2 Å². The van der Waals surface area contributed by atoms with Crippen molar-refractivity contribution in [1.82, 2.24) is 9.97 Å². The maximum absolute atomic E-state index is 5.43. The molecule has 10 rings (SSSR count). The molecule has 53 heavy (non-hydrogen) atoms. The van der Waals surface area contributed by atoms with Crippen LogP contribution >= 0.6 is 11.3 Å². The SMILES string of the molecule is c1ccc(-c2cc(-c3ccccc3)cc(-c3nc(-c4ccc(-c5ccc6ccccc6c5)cc4)c4sc5cc(-c6ccccc6)ccc5c4n3)c2)cc1. The summed E-state index contributed by atoms with van der Waals surface area (Å²) in [6.45, 7) is 0. The number of nitrogens with zero attached hydrogens (tertiary/aromatic N) is 2. The highest BCUT2D eigenvalue weighted by Gasteiger charge is 2.19. The van der Waals surface area contributed by atoms with Gasteiger partial charge in [0.25, 0.3) is 0 Å². The van der Waals surface area contributed by atoms with Gasteiger partial charge in [-0.1, -0.05) is 164 Å². The van der Waals surface area contributed by atoms with Crippen LogP contribution in [0.3, 0.4) is 0 Å². The van der Waals surface area contributed by atoms with E-state index in [0.717, 1.165) is 54.7 Å². The fourth-order valence-electron chi connectivity index (χ4n) is 7.32. The number of rotatable bonds is 6. The molecule has 0 saturated carbocycles. The van der Waals surface area contributed by atoms with Crippen molar-refractivity contribution in [3.63, 3.8) is 0 Å². The molecule has 10 aromatic rings. The van der Waals surface area contributed by atoms with Crippen LogP contribution in [0.4, 0.5) is 0 Å². The van der Waals surface area contributed by atoms with Crippen LogP contribution in [-0.2, 0) is 0 Å². The van der Waals surface area contributed by atoms with Crippen molar-refractivity contribution in [2.45, 2.75) is 0 Å². The summed E-state index contributed by atoms with van der Waals surface area (Å²) in [5, 5.41) is 3.63. The van der Waals surface area contributed by atoms with E-state index in [1.165, 1.54) is 37.7 Å². The fraction of sp³-hybridized carbons (Fsp3) is 0. The number of benzene rings is 8. The zero-order chi connectivity index (χ0) is 35.1. The van der Waals surface area contributed by atoms with E-state index in [0.29, 0.717) is 5.82 Å². The lowest BCUT2D eigenvalue weighted by Crippen LogP contribution is -1.95. The first-order valence-corrected chi connectivity index (χ1v) is 18.7. The second kappa shape index (κ2) is 13.1.